The number of para-hydroxylation sites is 1. The molecule has 1 saturated carbocycles. The summed E-state index contributed by atoms with van der Waals surface area (Å²) in [6.07, 6.45) is 5.38. The minimum atomic E-state index is 0.654. The van der Waals surface area contributed by atoms with Crippen molar-refractivity contribution in [3.8, 4) is 0 Å². The van der Waals surface area contributed by atoms with Gasteiger partial charge in [0.05, 0.1) is 11.4 Å². The van der Waals surface area contributed by atoms with Crippen molar-refractivity contribution in [3.05, 3.63) is 41.9 Å². The quantitative estimate of drug-likeness (QED) is 0.718. The van der Waals surface area contributed by atoms with Crippen molar-refractivity contribution in [1.29, 1.82) is 0 Å². The molecule has 2 aromatic heterocycles. The van der Waals surface area contributed by atoms with Crippen LogP contribution in [-0.4, -0.2) is 20.2 Å². The van der Waals surface area contributed by atoms with Gasteiger partial charge in [-0.3, -0.25) is 4.68 Å². The summed E-state index contributed by atoms with van der Waals surface area (Å²) in [6, 6.07) is 7.94. The van der Waals surface area contributed by atoms with Crippen molar-refractivity contribution in [3.63, 3.8) is 0 Å². The smallest absolute Gasteiger partial charge is 0.167 e. The summed E-state index contributed by atoms with van der Waals surface area (Å²) in [7, 11) is 0. The number of rotatable bonds is 4. The highest BCUT2D eigenvalue weighted by Crippen LogP contribution is 2.38. The molecule has 2 heterocycles. The van der Waals surface area contributed by atoms with Crippen molar-refractivity contribution in [1.82, 2.24) is 20.2 Å². The van der Waals surface area contributed by atoms with Crippen LogP contribution in [-0.2, 0) is 13.0 Å². The molecule has 96 valence electrons. The molecule has 1 aliphatic rings. The molecule has 1 aliphatic carbocycles. The van der Waals surface area contributed by atoms with Gasteiger partial charge in [0, 0.05) is 30.5 Å². The second-order valence-corrected chi connectivity index (χ2v) is 5.06. The van der Waals surface area contributed by atoms with E-state index in [9.17, 15) is 0 Å². The first-order valence-corrected chi connectivity index (χ1v) is 6.63. The van der Waals surface area contributed by atoms with Gasteiger partial charge in [-0.1, -0.05) is 22.5 Å². The van der Waals surface area contributed by atoms with Gasteiger partial charge in [-0.2, -0.15) is 0 Å². The molecule has 4 rings (SSSR count). The van der Waals surface area contributed by atoms with Crippen molar-refractivity contribution < 1.29 is 4.52 Å². The van der Waals surface area contributed by atoms with Gasteiger partial charge in [-0.05, 0) is 25.0 Å². The van der Waals surface area contributed by atoms with Gasteiger partial charge in [0.2, 0.25) is 0 Å². The van der Waals surface area contributed by atoms with E-state index < -0.39 is 0 Å². The van der Waals surface area contributed by atoms with Crippen molar-refractivity contribution in [2.75, 3.05) is 0 Å². The summed E-state index contributed by atoms with van der Waals surface area (Å²) in [5, 5.41) is 13.6. The zero-order valence-electron chi connectivity index (χ0n) is 10.5. The Morgan fingerprint density at radius 1 is 1.26 bits per heavy atom. The summed E-state index contributed by atoms with van der Waals surface area (Å²) >= 11 is 0. The van der Waals surface area contributed by atoms with Crippen molar-refractivity contribution in [2.45, 2.75) is 31.7 Å². The molecule has 1 aromatic carbocycles. The molecule has 0 saturated heterocycles. The van der Waals surface area contributed by atoms with Crippen molar-refractivity contribution >= 4 is 11.0 Å². The van der Waals surface area contributed by atoms with Crippen LogP contribution in [0.15, 0.2) is 35.0 Å². The molecule has 0 N–H and O–H groups in total. The molecule has 5 heteroatoms. The Bertz CT molecular complexity index is 711. The van der Waals surface area contributed by atoms with Gasteiger partial charge < -0.3 is 4.52 Å². The normalized spacial score (nSPS) is 15.2. The molecule has 3 aromatic rings. The first kappa shape index (κ1) is 10.7. The average molecular weight is 254 g/mol. The van der Waals surface area contributed by atoms with Crippen LogP contribution in [0.25, 0.3) is 11.0 Å². The monoisotopic (exact) mass is 254 g/mol. The lowest BCUT2D eigenvalue weighted by molar-refractivity contribution is 0.441. The molecule has 0 unspecified atom stereocenters. The maximum atomic E-state index is 5.30. The summed E-state index contributed by atoms with van der Waals surface area (Å²) in [5.41, 5.74) is 2.96. The van der Waals surface area contributed by atoms with E-state index in [4.69, 9.17) is 4.52 Å². The lowest BCUT2D eigenvalue weighted by Crippen LogP contribution is -2.02. The standard InChI is InChI=1S/C14H14N4O/c1-2-4-14-11(3-1)12(16-19-14)7-8-18-9-13(15-17-18)10-5-6-10/h1-4,9-10H,5-8H2. The highest BCUT2D eigenvalue weighted by Gasteiger charge is 2.26. The average Bonchev–Trinajstić information content (AvgIpc) is 3.05. The number of benzene rings is 1. The maximum Gasteiger partial charge on any atom is 0.167 e. The Hall–Kier alpha value is -2.17. The number of fused-ring (bicyclic) bond motifs is 1. The fraction of sp³-hybridized carbons (Fsp3) is 0.357. The van der Waals surface area contributed by atoms with E-state index in [1.165, 1.54) is 12.8 Å². The van der Waals surface area contributed by atoms with Gasteiger partial charge in [-0.15, -0.1) is 5.10 Å². The topological polar surface area (TPSA) is 56.7 Å². The molecule has 1 fully saturated rings. The predicted octanol–water partition coefficient (Wildman–Crippen LogP) is 2.54. The van der Waals surface area contributed by atoms with Crippen LogP contribution in [0.3, 0.4) is 0 Å². The Labute approximate surface area is 110 Å². The van der Waals surface area contributed by atoms with Gasteiger partial charge in [-0.25, -0.2) is 0 Å². The van der Waals surface area contributed by atoms with Gasteiger partial charge in [0.15, 0.2) is 5.58 Å². The number of hydrogen-bond acceptors (Lipinski definition) is 4. The lowest BCUT2D eigenvalue weighted by atomic mass is 10.2. The highest BCUT2D eigenvalue weighted by atomic mass is 16.5. The summed E-state index contributed by atoms with van der Waals surface area (Å²) in [5.74, 6) is 0.654. The van der Waals surface area contributed by atoms with E-state index in [0.717, 1.165) is 35.3 Å². The second-order valence-electron chi connectivity index (χ2n) is 5.06. The van der Waals surface area contributed by atoms with Crippen LogP contribution < -0.4 is 0 Å². The molecular weight excluding hydrogens is 240 g/mol. The zero-order chi connectivity index (χ0) is 12.7. The lowest BCUT2D eigenvalue weighted by Gasteiger charge is -1.97. The fourth-order valence-corrected chi connectivity index (χ4v) is 2.33. The number of hydrogen-bond donors (Lipinski definition) is 0. The minimum Gasteiger partial charge on any atom is -0.356 e. The minimum absolute atomic E-state index is 0.654. The van der Waals surface area contributed by atoms with Crippen molar-refractivity contribution in [2.24, 2.45) is 0 Å². The Kier molecular flexibility index (Phi) is 2.36. The summed E-state index contributed by atoms with van der Waals surface area (Å²) in [6.45, 7) is 0.788. The molecule has 0 spiro atoms. The number of aromatic nitrogens is 4. The van der Waals surface area contributed by atoms with Gasteiger partial charge in [0.25, 0.3) is 0 Å². The zero-order valence-corrected chi connectivity index (χ0v) is 10.5. The third kappa shape index (κ3) is 2.01. The Morgan fingerprint density at radius 3 is 3.05 bits per heavy atom. The first-order valence-electron chi connectivity index (χ1n) is 6.63. The molecule has 0 amide bonds. The Balaban J connectivity index is 1.51. The van der Waals surface area contributed by atoms with E-state index in [2.05, 4.69) is 21.7 Å². The van der Waals surface area contributed by atoms with Crippen LogP contribution in [0.5, 0.6) is 0 Å². The maximum absolute atomic E-state index is 5.30. The van der Waals surface area contributed by atoms with Crippen LogP contribution >= 0.6 is 0 Å². The molecule has 5 nitrogen and oxygen atoms in total. The molecule has 0 atom stereocenters. The van der Waals surface area contributed by atoms with E-state index in [-0.39, 0.29) is 0 Å². The van der Waals surface area contributed by atoms with Gasteiger partial charge >= 0.3 is 0 Å². The van der Waals surface area contributed by atoms with E-state index in [0.29, 0.717) is 5.92 Å². The van der Waals surface area contributed by atoms with Crippen LogP contribution in [0.2, 0.25) is 0 Å². The van der Waals surface area contributed by atoms with Gasteiger partial charge in [0.1, 0.15) is 0 Å². The van der Waals surface area contributed by atoms with Crippen LogP contribution in [0.1, 0.15) is 30.1 Å². The molecule has 0 radical (unpaired) electrons. The third-order valence-electron chi connectivity index (χ3n) is 3.58. The molecule has 0 aliphatic heterocycles. The highest BCUT2D eigenvalue weighted by molar-refractivity contribution is 5.79. The molecule has 19 heavy (non-hydrogen) atoms. The predicted molar refractivity (Wildman–Crippen MR) is 69.7 cm³/mol. The van der Waals surface area contributed by atoms with Crippen LogP contribution in [0, 0.1) is 0 Å². The molecular formula is C14H14N4O. The van der Waals surface area contributed by atoms with Crippen LogP contribution in [0.4, 0.5) is 0 Å². The number of aryl methyl sites for hydroxylation is 2. The second kappa shape index (κ2) is 4.19. The fourth-order valence-electron chi connectivity index (χ4n) is 2.33. The summed E-state index contributed by atoms with van der Waals surface area (Å²) < 4.78 is 7.20. The number of nitrogens with zero attached hydrogens (tertiary/aromatic N) is 4. The Morgan fingerprint density at radius 2 is 2.16 bits per heavy atom. The van der Waals surface area contributed by atoms with E-state index in [1.54, 1.807) is 0 Å². The third-order valence-corrected chi connectivity index (χ3v) is 3.58. The largest absolute Gasteiger partial charge is 0.356 e. The van der Waals surface area contributed by atoms with E-state index in [1.807, 2.05) is 28.9 Å². The van der Waals surface area contributed by atoms with E-state index >= 15 is 0 Å². The first-order chi connectivity index (χ1) is 9.40. The SMILES string of the molecule is c1ccc2c(CCn3cc(C4CC4)nn3)noc2c1. The summed E-state index contributed by atoms with van der Waals surface area (Å²) in [4.78, 5) is 0. The molecule has 0 bridgehead atoms.